The van der Waals surface area contributed by atoms with Crippen LogP contribution in [0.4, 0.5) is 0 Å². The first kappa shape index (κ1) is 26.9. The predicted molar refractivity (Wildman–Crippen MR) is 148 cm³/mol. The van der Waals surface area contributed by atoms with Gasteiger partial charge in [0.05, 0.1) is 10.6 Å². The average Bonchev–Trinajstić information content (AvgIpc) is 3.64. The van der Waals surface area contributed by atoms with Gasteiger partial charge in [0.1, 0.15) is 0 Å². The van der Waals surface area contributed by atoms with Gasteiger partial charge in [-0.3, -0.25) is 9.69 Å². The highest BCUT2D eigenvalue weighted by molar-refractivity contribution is 7.99. The number of benzene rings is 2. The summed E-state index contributed by atoms with van der Waals surface area (Å²) in [6.45, 7) is 7.79. The molecule has 0 aliphatic carbocycles. The number of rotatable bonds is 9. The Kier molecular flexibility index (Phi) is 8.47. The zero-order valence-corrected chi connectivity index (χ0v) is 23.3. The lowest BCUT2D eigenvalue weighted by atomic mass is 10.2. The van der Waals surface area contributed by atoms with Crippen molar-refractivity contribution >= 4 is 27.7 Å². The smallest absolute Gasteiger partial charge is 0.243 e. The van der Waals surface area contributed by atoms with Gasteiger partial charge in [0, 0.05) is 57.9 Å². The quantitative estimate of drug-likeness (QED) is 0.375. The van der Waals surface area contributed by atoms with E-state index < -0.39 is 10.0 Å². The molecule has 202 valence electrons. The topological polar surface area (TPSA) is 91.6 Å². The van der Waals surface area contributed by atoms with Gasteiger partial charge in [0.15, 0.2) is 11.0 Å². The van der Waals surface area contributed by atoms with Crippen LogP contribution in [0.1, 0.15) is 25.3 Å². The van der Waals surface area contributed by atoms with E-state index >= 15 is 0 Å². The van der Waals surface area contributed by atoms with Gasteiger partial charge >= 0.3 is 0 Å². The number of aromatic nitrogens is 3. The van der Waals surface area contributed by atoms with E-state index in [2.05, 4.69) is 39.4 Å². The van der Waals surface area contributed by atoms with Crippen molar-refractivity contribution in [2.24, 2.45) is 0 Å². The van der Waals surface area contributed by atoms with E-state index in [0.717, 1.165) is 45.6 Å². The Hall–Kier alpha value is -2.73. The van der Waals surface area contributed by atoms with E-state index in [-0.39, 0.29) is 10.8 Å². The molecule has 0 bridgehead atoms. The van der Waals surface area contributed by atoms with Gasteiger partial charge in [-0.05, 0) is 37.5 Å². The summed E-state index contributed by atoms with van der Waals surface area (Å²) in [5.74, 6) is 0.996. The van der Waals surface area contributed by atoms with E-state index in [1.807, 2.05) is 28.5 Å². The highest BCUT2D eigenvalue weighted by Gasteiger charge is 2.28. The van der Waals surface area contributed by atoms with Crippen molar-refractivity contribution in [1.82, 2.24) is 28.9 Å². The van der Waals surface area contributed by atoms with Gasteiger partial charge < -0.3 is 9.47 Å². The Bertz CT molecular complexity index is 1350. The minimum Gasteiger partial charge on any atom is -0.339 e. The molecule has 3 heterocycles. The van der Waals surface area contributed by atoms with Crippen molar-refractivity contribution in [2.75, 3.05) is 45.0 Å². The number of hydrogen-bond donors (Lipinski definition) is 0. The fraction of sp³-hybridized carbons (Fsp3) is 0.444. The first-order valence-corrected chi connectivity index (χ1v) is 15.6. The first-order chi connectivity index (χ1) is 18.5. The molecular weight excluding hydrogens is 520 g/mol. The van der Waals surface area contributed by atoms with Crippen molar-refractivity contribution < 1.29 is 13.2 Å². The fourth-order valence-corrected chi connectivity index (χ4v) is 7.45. The molecule has 0 spiro atoms. The monoisotopic (exact) mass is 554 g/mol. The van der Waals surface area contributed by atoms with Crippen LogP contribution in [0.25, 0.3) is 11.4 Å². The molecule has 1 amide bonds. The van der Waals surface area contributed by atoms with Crippen LogP contribution >= 0.6 is 11.8 Å². The summed E-state index contributed by atoms with van der Waals surface area (Å²) in [6.07, 6.45) is 1.79. The van der Waals surface area contributed by atoms with Crippen LogP contribution in [-0.2, 0) is 27.9 Å². The maximum absolute atomic E-state index is 13.1. The maximum atomic E-state index is 13.1. The molecule has 5 rings (SSSR count). The molecule has 3 aromatic rings. The van der Waals surface area contributed by atoms with Crippen LogP contribution < -0.4 is 0 Å². The predicted octanol–water partition coefficient (Wildman–Crippen LogP) is 3.19. The lowest BCUT2D eigenvalue weighted by molar-refractivity contribution is -0.130. The lowest BCUT2D eigenvalue weighted by Gasteiger charge is -2.34. The average molecular weight is 555 g/mol. The van der Waals surface area contributed by atoms with Crippen LogP contribution in [0.5, 0.6) is 0 Å². The molecule has 9 nitrogen and oxygen atoms in total. The van der Waals surface area contributed by atoms with Crippen LogP contribution in [0.3, 0.4) is 0 Å². The van der Waals surface area contributed by atoms with E-state index in [9.17, 15) is 13.2 Å². The third-order valence-corrected chi connectivity index (χ3v) is 9.97. The lowest BCUT2D eigenvalue weighted by Crippen LogP contribution is -2.48. The van der Waals surface area contributed by atoms with Gasteiger partial charge in [-0.15, -0.1) is 10.2 Å². The largest absolute Gasteiger partial charge is 0.339 e. The second-order valence-electron chi connectivity index (χ2n) is 9.62. The van der Waals surface area contributed by atoms with Crippen LogP contribution in [-0.4, -0.2) is 88.2 Å². The zero-order chi connectivity index (χ0) is 26.5. The molecule has 2 aromatic carbocycles. The molecule has 0 atom stereocenters. The van der Waals surface area contributed by atoms with Gasteiger partial charge in [0.25, 0.3) is 0 Å². The normalized spacial score (nSPS) is 17.2. The Morgan fingerprint density at radius 1 is 0.921 bits per heavy atom. The molecule has 0 N–H and O–H groups in total. The Morgan fingerprint density at radius 2 is 1.66 bits per heavy atom. The van der Waals surface area contributed by atoms with E-state index in [4.69, 9.17) is 0 Å². The van der Waals surface area contributed by atoms with E-state index in [1.165, 1.54) is 17.3 Å². The molecule has 1 aromatic heterocycles. The maximum Gasteiger partial charge on any atom is 0.243 e. The number of amides is 1. The number of sulfonamides is 1. The minimum atomic E-state index is -3.52. The molecule has 11 heteroatoms. The summed E-state index contributed by atoms with van der Waals surface area (Å²) in [6, 6.07) is 17.3. The number of thioether (sulfide) groups is 1. The van der Waals surface area contributed by atoms with Crippen molar-refractivity contribution in [3.63, 3.8) is 0 Å². The van der Waals surface area contributed by atoms with Gasteiger partial charge in [0.2, 0.25) is 15.9 Å². The van der Waals surface area contributed by atoms with Crippen LogP contribution in [0, 0.1) is 0 Å². The molecule has 0 radical (unpaired) electrons. The molecule has 2 saturated heterocycles. The number of carbonyl (C=O) groups excluding carboxylic acids is 1. The third-order valence-electron chi connectivity index (χ3n) is 7.13. The van der Waals surface area contributed by atoms with Crippen molar-refractivity contribution in [3.8, 4) is 11.4 Å². The molecule has 0 saturated carbocycles. The molecule has 38 heavy (non-hydrogen) atoms. The Balaban J connectivity index is 1.20. The Labute approximate surface area is 228 Å². The first-order valence-electron chi connectivity index (χ1n) is 13.2. The molecule has 2 aliphatic heterocycles. The number of piperazine rings is 1. The SMILES string of the molecule is CCn1c(SCC(=O)N2CCN(Cc3ccccc3)CC2)nnc1-c1cccc(S(=O)(=O)N2CCCC2)c1. The van der Waals surface area contributed by atoms with Crippen molar-refractivity contribution in [1.29, 1.82) is 0 Å². The summed E-state index contributed by atoms with van der Waals surface area (Å²) in [5.41, 5.74) is 1.99. The second-order valence-corrected chi connectivity index (χ2v) is 12.5. The second kappa shape index (κ2) is 12.0. The number of carbonyl (C=O) groups is 1. The summed E-state index contributed by atoms with van der Waals surface area (Å²) in [7, 11) is -3.52. The van der Waals surface area contributed by atoms with Crippen molar-refractivity contribution in [2.45, 2.75) is 42.9 Å². The molecule has 0 unspecified atom stereocenters. The fourth-order valence-electron chi connectivity index (χ4n) is 4.98. The summed E-state index contributed by atoms with van der Waals surface area (Å²) >= 11 is 1.38. The number of hydrogen-bond acceptors (Lipinski definition) is 7. The molecule has 2 fully saturated rings. The molecule has 2 aliphatic rings. The highest BCUT2D eigenvalue weighted by Crippen LogP contribution is 2.28. The zero-order valence-electron chi connectivity index (χ0n) is 21.7. The minimum absolute atomic E-state index is 0.0975. The van der Waals surface area contributed by atoms with Crippen LogP contribution in [0.15, 0.2) is 64.6 Å². The standard InChI is InChI=1S/C27H34N6O3S2/c1-2-33-26(23-11-8-12-24(19-23)38(35,36)32-13-6-7-14-32)28-29-27(33)37-21-25(34)31-17-15-30(16-18-31)20-22-9-4-3-5-10-22/h3-5,8-12,19H,2,6-7,13-18,20-21H2,1H3. The van der Waals surface area contributed by atoms with E-state index in [0.29, 0.717) is 41.9 Å². The summed E-state index contributed by atoms with van der Waals surface area (Å²) in [5, 5.41) is 9.37. The third kappa shape index (κ3) is 5.96. The number of nitrogens with zero attached hydrogens (tertiary/aromatic N) is 6. The van der Waals surface area contributed by atoms with Gasteiger partial charge in [-0.2, -0.15) is 4.31 Å². The van der Waals surface area contributed by atoms with Crippen LogP contribution in [0.2, 0.25) is 0 Å². The van der Waals surface area contributed by atoms with Gasteiger partial charge in [-0.25, -0.2) is 8.42 Å². The Morgan fingerprint density at radius 3 is 2.37 bits per heavy atom. The van der Waals surface area contributed by atoms with E-state index in [1.54, 1.807) is 22.5 Å². The van der Waals surface area contributed by atoms with Gasteiger partial charge in [-0.1, -0.05) is 54.2 Å². The highest BCUT2D eigenvalue weighted by atomic mass is 32.2. The summed E-state index contributed by atoms with van der Waals surface area (Å²) < 4.78 is 29.6. The molecular formula is C27H34N6O3S2. The van der Waals surface area contributed by atoms with Crippen molar-refractivity contribution in [3.05, 3.63) is 60.2 Å². The summed E-state index contributed by atoms with van der Waals surface area (Å²) in [4.78, 5) is 17.5.